The molecule has 0 saturated carbocycles. The zero-order chi connectivity index (χ0) is 36.9. The Hall–Kier alpha value is -6.79. The summed E-state index contributed by atoms with van der Waals surface area (Å²) in [6.45, 7) is 6.41. The van der Waals surface area contributed by atoms with Crippen molar-refractivity contribution in [2.45, 2.75) is 20.8 Å². The van der Waals surface area contributed by atoms with Gasteiger partial charge in [-0.3, -0.25) is 0 Å². The molecule has 0 spiro atoms. The molecule has 2 heterocycles. The highest BCUT2D eigenvalue weighted by Crippen LogP contribution is 2.41. The monoisotopic (exact) mass is 704 g/mol. The first-order valence-electron chi connectivity index (χ1n) is 17.9. The van der Waals surface area contributed by atoms with Crippen LogP contribution in [0.3, 0.4) is 0 Å². The van der Waals surface area contributed by atoms with E-state index in [4.69, 9.17) is 15.0 Å². The van der Waals surface area contributed by atoms with Crippen molar-refractivity contribution >= 4 is 21.8 Å². The fourth-order valence-corrected chi connectivity index (χ4v) is 7.78. The second-order valence-electron chi connectivity index (χ2n) is 13.7. The standard InChI is InChI=1S/C48H34F2N4/c1-29-25-30(2)44(31(3)26-29)34-21-23-37-36-17-10-11-20-41(36)54(42(37)27-34)43-28-35(45-39(49)18-12-19-40(45)50)22-24-38(43)48-52-46(32-13-6-4-7-14-32)51-47(53-48)33-15-8-5-9-16-33/h4-28H,1-3H3. The molecule has 9 rings (SSSR count). The average molecular weight is 705 g/mol. The van der Waals surface area contributed by atoms with Gasteiger partial charge in [0.1, 0.15) is 11.6 Å². The predicted molar refractivity (Wildman–Crippen MR) is 215 cm³/mol. The van der Waals surface area contributed by atoms with Gasteiger partial charge in [0.25, 0.3) is 0 Å². The molecule has 0 aliphatic carbocycles. The number of hydrogen-bond donors (Lipinski definition) is 0. The van der Waals surface area contributed by atoms with Crippen LogP contribution in [-0.4, -0.2) is 19.5 Å². The molecule has 9 aromatic rings. The Morgan fingerprint density at radius 1 is 0.426 bits per heavy atom. The molecule has 260 valence electrons. The lowest BCUT2D eigenvalue weighted by Crippen LogP contribution is -2.04. The third-order valence-corrected chi connectivity index (χ3v) is 10.1. The molecule has 0 radical (unpaired) electrons. The van der Waals surface area contributed by atoms with E-state index in [1.807, 2.05) is 84.9 Å². The molecule has 54 heavy (non-hydrogen) atoms. The summed E-state index contributed by atoms with van der Waals surface area (Å²) in [5.74, 6) is 0.197. The minimum Gasteiger partial charge on any atom is -0.308 e. The van der Waals surface area contributed by atoms with Gasteiger partial charge in [-0.05, 0) is 85.0 Å². The van der Waals surface area contributed by atoms with Crippen molar-refractivity contribution in [1.82, 2.24) is 19.5 Å². The normalized spacial score (nSPS) is 11.4. The van der Waals surface area contributed by atoms with Gasteiger partial charge in [-0.25, -0.2) is 23.7 Å². The van der Waals surface area contributed by atoms with Crippen LogP contribution in [0.4, 0.5) is 8.78 Å². The molecule has 0 aliphatic rings. The van der Waals surface area contributed by atoms with Crippen LogP contribution in [0, 0.1) is 32.4 Å². The lowest BCUT2D eigenvalue weighted by atomic mass is 9.93. The second-order valence-corrected chi connectivity index (χ2v) is 13.7. The topological polar surface area (TPSA) is 43.6 Å². The number of aryl methyl sites for hydroxylation is 3. The van der Waals surface area contributed by atoms with Crippen LogP contribution in [0.15, 0.2) is 152 Å². The number of nitrogens with zero attached hydrogens (tertiary/aromatic N) is 4. The Labute approximate surface area is 312 Å². The van der Waals surface area contributed by atoms with Gasteiger partial charge in [0.05, 0.1) is 22.3 Å². The third kappa shape index (κ3) is 5.73. The van der Waals surface area contributed by atoms with Crippen molar-refractivity contribution < 1.29 is 8.78 Å². The zero-order valence-corrected chi connectivity index (χ0v) is 30.0. The van der Waals surface area contributed by atoms with E-state index in [2.05, 4.69) is 67.8 Å². The molecule has 0 bridgehead atoms. The summed E-state index contributed by atoms with van der Waals surface area (Å²) in [5.41, 5.74) is 11.1. The lowest BCUT2D eigenvalue weighted by molar-refractivity contribution is 0.589. The smallest absolute Gasteiger partial charge is 0.166 e. The predicted octanol–water partition coefficient (Wildman–Crippen LogP) is 12.5. The van der Waals surface area contributed by atoms with Crippen molar-refractivity contribution in [3.63, 3.8) is 0 Å². The summed E-state index contributed by atoms with van der Waals surface area (Å²) in [6, 6.07) is 48.3. The van der Waals surface area contributed by atoms with Crippen molar-refractivity contribution in [2.24, 2.45) is 0 Å². The summed E-state index contributed by atoms with van der Waals surface area (Å²) < 4.78 is 33.2. The fraction of sp³-hybridized carbons (Fsp3) is 0.0625. The molecule has 0 aliphatic heterocycles. The van der Waals surface area contributed by atoms with E-state index >= 15 is 8.78 Å². The van der Waals surface area contributed by atoms with Gasteiger partial charge in [-0.2, -0.15) is 0 Å². The van der Waals surface area contributed by atoms with E-state index in [9.17, 15) is 0 Å². The molecule has 0 amide bonds. The maximum absolute atomic E-state index is 15.5. The molecular weight excluding hydrogens is 671 g/mol. The fourth-order valence-electron chi connectivity index (χ4n) is 7.78. The second kappa shape index (κ2) is 13.3. The van der Waals surface area contributed by atoms with Gasteiger partial charge >= 0.3 is 0 Å². The summed E-state index contributed by atoms with van der Waals surface area (Å²) in [4.78, 5) is 15.1. The third-order valence-electron chi connectivity index (χ3n) is 10.1. The molecule has 0 fully saturated rings. The van der Waals surface area contributed by atoms with E-state index in [1.165, 1.54) is 40.5 Å². The minimum absolute atomic E-state index is 0.0942. The first-order chi connectivity index (χ1) is 26.3. The highest BCUT2D eigenvalue weighted by atomic mass is 19.1. The number of fused-ring (bicyclic) bond motifs is 3. The van der Waals surface area contributed by atoms with Crippen LogP contribution < -0.4 is 0 Å². The quantitative estimate of drug-likeness (QED) is 0.173. The summed E-state index contributed by atoms with van der Waals surface area (Å²) >= 11 is 0. The maximum Gasteiger partial charge on any atom is 0.166 e. The number of para-hydroxylation sites is 1. The van der Waals surface area contributed by atoms with E-state index < -0.39 is 11.6 Å². The van der Waals surface area contributed by atoms with Crippen molar-refractivity contribution in [3.8, 4) is 62.1 Å². The Kier molecular flexibility index (Phi) is 8.16. The average Bonchev–Trinajstić information content (AvgIpc) is 3.51. The number of hydrogen-bond acceptors (Lipinski definition) is 3. The molecule has 0 N–H and O–H groups in total. The van der Waals surface area contributed by atoms with Crippen molar-refractivity contribution in [3.05, 3.63) is 180 Å². The summed E-state index contributed by atoms with van der Waals surface area (Å²) in [6.07, 6.45) is 0. The Morgan fingerprint density at radius 3 is 1.61 bits per heavy atom. The van der Waals surface area contributed by atoms with E-state index in [0.717, 1.165) is 38.5 Å². The van der Waals surface area contributed by atoms with Crippen molar-refractivity contribution in [2.75, 3.05) is 0 Å². The first-order valence-corrected chi connectivity index (χ1v) is 17.9. The van der Waals surface area contributed by atoms with Crippen LogP contribution in [0.25, 0.3) is 83.9 Å². The molecular formula is C48H34F2N4. The summed E-state index contributed by atoms with van der Waals surface area (Å²) in [5, 5.41) is 2.10. The van der Waals surface area contributed by atoms with Crippen LogP contribution in [0.5, 0.6) is 0 Å². The van der Waals surface area contributed by atoms with Crippen LogP contribution in [-0.2, 0) is 0 Å². The van der Waals surface area contributed by atoms with Crippen LogP contribution >= 0.6 is 0 Å². The molecule has 2 aromatic heterocycles. The molecule has 7 aromatic carbocycles. The zero-order valence-electron chi connectivity index (χ0n) is 30.0. The SMILES string of the molecule is Cc1cc(C)c(-c2ccc3c4ccccc4n(-c4cc(-c5c(F)cccc5F)ccc4-c4nc(-c5ccccc5)nc(-c5ccccc5)n4)c3c2)c(C)c1. The lowest BCUT2D eigenvalue weighted by Gasteiger charge is -2.17. The van der Waals surface area contributed by atoms with Gasteiger partial charge in [0.15, 0.2) is 17.5 Å². The largest absolute Gasteiger partial charge is 0.308 e. The Morgan fingerprint density at radius 2 is 0.963 bits per heavy atom. The van der Waals surface area contributed by atoms with Crippen molar-refractivity contribution in [1.29, 1.82) is 0 Å². The summed E-state index contributed by atoms with van der Waals surface area (Å²) in [7, 11) is 0. The number of halogens is 2. The first kappa shape index (κ1) is 33.1. The van der Waals surface area contributed by atoms with Gasteiger partial charge in [0.2, 0.25) is 0 Å². The molecule has 0 saturated heterocycles. The Balaban J connectivity index is 1.38. The molecule has 0 atom stereocenters. The van der Waals surface area contributed by atoms with Gasteiger partial charge < -0.3 is 4.57 Å². The van der Waals surface area contributed by atoms with Gasteiger partial charge in [-0.1, -0.05) is 121 Å². The number of rotatable bonds is 6. The Bertz CT molecular complexity index is 2780. The van der Waals surface area contributed by atoms with Gasteiger partial charge in [-0.15, -0.1) is 0 Å². The van der Waals surface area contributed by atoms with E-state index in [0.29, 0.717) is 34.3 Å². The van der Waals surface area contributed by atoms with Gasteiger partial charge in [0, 0.05) is 27.5 Å². The maximum atomic E-state index is 15.5. The molecule has 0 unspecified atom stereocenters. The minimum atomic E-state index is -0.638. The van der Waals surface area contributed by atoms with E-state index in [1.54, 1.807) is 6.07 Å². The number of aromatic nitrogens is 4. The molecule has 4 nitrogen and oxygen atoms in total. The number of benzene rings is 7. The van der Waals surface area contributed by atoms with Crippen LogP contribution in [0.1, 0.15) is 16.7 Å². The highest BCUT2D eigenvalue weighted by molar-refractivity contribution is 6.11. The van der Waals surface area contributed by atoms with E-state index in [-0.39, 0.29) is 5.56 Å². The highest BCUT2D eigenvalue weighted by Gasteiger charge is 2.22. The molecule has 6 heteroatoms. The van der Waals surface area contributed by atoms with Crippen LogP contribution in [0.2, 0.25) is 0 Å².